The van der Waals surface area contributed by atoms with Gasteiger partial charge in [-0.2, -0.15) is 4.98 Å². The molecule has 0 saturated heterocycles. The van der Waals surface area contributed by atoms with Gasteiger partial charge in [-0.05, 0) is 48.7 Å². The highest BCUT2D eigenvalue weighted by molar-refractivity contribution is 5.80. The van der Waals surface area contributed by atoms with E-state index in [1.807, 2.05) is 36.7 Å². The number of imidazole rings is 1. The fraction of sp³-hybridized carbons (Fsp3) is 0.348. The number of hydrogen-bond acceptors (Lipinski definition) is 6. The third kappa shape index (κ3) is 3.40. The molecule has 7 nitrogen and oxygen atoms in total. The molecule has 4 aromatic rings. The van der Waals surface area contributed by atoms with Crippen LogP contribution in [0.3, 0.4) is 0 Å². The summed E-state index contributed by atoms with van der Waals surface area (Å²) >= 11 is 0. The van der Waals surface area contributed by atoms with Crippen LogP contribution in [0.1, 0.15) is 43.2 Å². The van der Waals surface area contributed by atoms with Crippen molar-refractivity contribution in [1.82, 2.24) is 19.7 Å². The molecule has 1 saturated carbocycles. The Morgan fingerprint density at radius 3 is 2.67 bits per heavy atom. The van der Waals surface area contributed by atoms with Gasteiger partial charge < -0.3 is 18.6 Å². The Kier molecular flexibility index (Phi) is 4.86. The Hall–Kier alpha value is -3.35. The van der Waals surface area contributed by atoms with Crippen molar-refractivity contribution in [1.29, 1.82) is 0 Å². The lowest BCUT2D eigenvalue weighted by molar-refractivity contribution is 0.354. The second kappa shape index (κ2) is 7.82. The largest absolute Gasteiger partial charge is 0.493 e. The van der Waals surface area contributed by atoms with Gasteiger partial charge >= 0.3 is 0 Å². The van der Waals surface area contributed by atoms with E-state index in [0.717, 1.165) is 16.6 Å². The molecule has 7 heteroatoms. The van der Waals surface area contributed by atoms with Crippen molar-refractivity contribution < 1.29 is 14.0 Å². The molecule has 0 atom stereocenters. The third-order valence-corrected chi connectivity index (χ3v) is 5.82. The summed E-state index contributed by atoms with van der Waals surface area (Å²) in [5, 5.41) is 4.17. The monoisotopic (exact) mass is 404 g/mol. The Labute approximate surface area is 174 Å². The molecule has 0 bridgehead atoms. The molecule has 2 heterocycles. The zero-order valence-corrected chi connectivity index (χ0v) is 17.2. The van der Waals surface area contributed by atoms with E-state index in [1.165, 1.54) is 31.2 Å². The van der Waals surface area contributed by atoms with Gasteiger partial charge in [-0.15, -0.1) is 0 Å². The summed E-state index contributed by atoms with van der Waals surface area (Å²) < 4.78 is 18.5. The standard InChI is InChI=1S/C23H24N4O3/c1-28-20-10-7-15(11-21(20)29-2)12-22-25-23(26-30-22)16-8-9-19-18(13-16)24-14-27(19)17-5-3-4-6-17/h7-11,13-14,17H,3-6,12H2,1-2H3. The highest BCUT2D eigenvalue weighted by Gasteiger charge is 2.19. The van der Waals surface area contributed by atoms with Crippen molar-refractivity contribution in [2.75, 3.05) is 14.2 Å². The van der Waals surface area contributed by atoms with Crippen LogP contribution in [-0.2, 0) is 6.42 Å². The summed E-state index contributed by atoms with van der Waals surface area (Å²) in [5.74, 6) is 2.49. The maximum Gasteiger partial charge on any atom is 0.231 e. The van der Waals surface area contributed by atoms with Gasteiger partial charge in [0.25, 0.3) is 0 Å². The first kappa shape index (κ1) is 18.7. The molecule has 5 rings (SSSR count). The summed E-state index contributed by atoms with van der Waals surface area (Å²) in [6.45, 7) is 0. The summed E-state index contributed by atoms with van der Waals surface area (Å²) in [6, 6.07) is 12.5. The minimum Gasteiger partial charge on any atom is -0.493 e. The minimum atomic E-state index is 0.520. The van der Waals surface area contributed by atoms with Crippen LogP contribution in [0.4, 0.5) is 0 Å². The van der Waals surface area contributed by atoms with Crippen LogP contribution in [0.25, 0.3) is 22.4 Å². The quantitative estimate of drug-likeness (QED) is 0.459. The molecule has 0 unspecified atom stereocenters. The number of benzene rings is 2. The molecule has 2 aromatic heterocycles. The highest BCUT2D eigenvalue weighted by Crippen LogP contribution is 2.33. The first-order chi connectivity index (χ1) is 14.7. The van der Waals surface area contributed by atoms with Crippen LogP contribution < -0.4 is 9.47 Å². The van der Waals surface area contributed by atoms with Crippen LogP contribution in [-0.4, -0.2) is 33.9 Å². The topological polar surface area (TPSA) is 75.2 Å². The van der Waals surface area contributed by atoms with Gasteiger partial charge in [0, 0.05) is 11.6 Å². The molecule has 2 aromatic carbocycles. The van der Waals surface area contributed by atoms with E-state index in [4.69, 9.17) is 14.0 Å². The average molecular weight is 404 g/mol. The lowest BCUT2D eigenvalue weighted by Crippen LogP contribution is -2.02. The zero-order chi connectivity index (χ0) is 20.5. The van der Waals surface area contributed by atoms with Crippen LogP contribution in [0.2, 0.25) is 0 Å². The normalized spacial score (nSPS) is 14.5. The van der Waals surface area contributed by atoms with Crippen molar-refractivity contribution in [3.63, 3.8) is 0 Å². The molecule has 1 aliphatic rings. The van der Waals surface area contributed by atoms with Crippen molar-refractivity contribution in [3.05, 3.63) is 54.2 Å². The number of hydrogen-bond donors (Lipinski definition) is 0. The number of ether oxygens (including phenoxy) is 2. The summed E-state index contributed by atoms with van der Waals surface area (Å²) in [7, 11) is 3.24. The lowest BCUT2D eigenvalue weighted by Gasteiger charge is -2.11. The molecule has 154 valence electrons. The fourth-order valence-electron chi connectivity index (χ4n) is 4.25. The highest BCUT2D eigenvalue weighted by atomic mass is 16.5. The summed E-state index contributed by atoms with van der Waals surface area (Å²) in [6.07, 6.45) is 7.55. The van der Waals surface area contributed by atoms with E-state index >= 15 is 0 Å². The molecule has 0 N–H and O–H groups in total. The van der Waals surface area contributed by atoms with Gasteiger partial charge in [0.1, 0.15) is 0 Å². The number of nitrogens with zero attached hydrogens (tertiary/aromatic N) is 4. The Balaban J connectivity index is 1.38. The van der Waals surface area contributed by atoms with Crippen LogP contribution in [0.5, 0.6) is 11.5 Å². The van der Waals surface area contributed by atoms with E-state index in [9.17, 15) is 0 Å². The third-order valence-electron chi connectivity index (χ3n) is 5.82. The van der Waals surface area contributed by atoms with E-state index in [0.29, 0.717) is 35.7 Å². The molecule has 1 fully saturated rings. The summed E-state index contributed by atoms with van der Waals surface area (Å²) in [4.78, 5) is 9.19. The maximum absolute atomic E-state index is 5.49. The van der Waals surface area contributed by atoms with Crippen LogP contribution >= 0.6 is 0 Å². The fourth-order valence-corrected chi connectivity index (χ4v) is 4.25. The van der Waals surface area contributed by atoms with Gasteiger partial charge in [-0.25, -0.2) is 4.98 Å². The molecule has 0 amide bonds. The molecular formula is C23H24N4O3. The van der Waals surface area contributed by atoms with E-state index < -0.39 is 0 Å². The predicted molar refractivity (Wildman–Crippen MR) is 113 cm³/mol. The number of rotatable bonds is 6. The Morgan fingerprint density at radius 1 is 1.03 bits per heavy atom. The smallest absolute Gasteiger partial charge is 0.231 e. The second-order valence-electron chi connectivity index (χ2n) is 7.67. The van der Waals surface area contributed by atoms with Crippen molar-refractivity contribution in [2.45, 2.75) is 38.1 Å². The van der Waals surface area contributed by atoms with Gasteiger partial charge in [0.2, 0.25) is 11.7 Å². The lowest BCUT2D eigenvalue weighted by atomic mass is 10.1. The van der Waals surface area contributed by atoms with E-state index in [2.05, 4.69) is 25.8 Å². The Morgan fingerprint density at radius 2 is 1.87 bits per heavy atom. The first-order valence-electron chi connectivity index (χ1n) is 10.3. The molecule has 0 aliphatic heterocycles. The second-order valence-corrected chi connectivity index (χ2v) is 7.67. The molecule has 0 spiro atoms. The van der Waals surface area contributed by atoms with E-state index in [-0.39, 0.29) is 0 Å². The average Bonchev–Trinajstić information content (AvgIpc) is 3.53. The maximum atomic E-state index is 5.49. The van der Waals surface area contributed by atoms with Crippen molar-refractivity contribution in [3.8, 4) is 22.9 Å². The van der Waals surface area contributed by atoms with Crippen molar-refractivity contribution in [2.24, 2.45) is 0 Å². The molecule has 1 aliphatic carbocycles. The number of methoxy groups -OCH3 is 2. The first-order valence-corrected chi connectivity index (χ1v) is 10.3. The summed E-state index contributed by atoms with van der Waals surface area (Å²) in [5.41, 5.74) is 4.04. The molecule has 0 radical (unpaired) electrons. The SMILES string of the molecule is COc1ccc(Cc2nc(-c3ccc4c(c3)ncn4C3CCCC3)no2)cc1OC. The van der Waals surface area contributed by atoms with Gasteiger partial charge in [0.05, 0.1) is 38.0 Å². The van der Waals surface area contributed by atoms with Gasteiger partial charge in [-0.1, -0.05) is 24.1 Å². The number of fused-ring (bicyclic) bond motifs is 1. The molecular weight excluding hydrogens is 380 g/mol. The van der Waals surface area contributed by atoms with Gasteiger partial charge in [-0.3, -0.25) is 0 Å². The number of aromatic nitrogens is 4. The predicted octanol–water partition coefficient (Wildman–Crippen LogP) is 4.81. The minimum absolute atomic E-state index is 0.520. The van der Waals surface area contributed by atoms with Crippen molar-refractivity contribution >= 4 is 11.0 Å². The Bertz CT molecular complexity index is 1170. The van der Waals surface area contributed by atoms with E-state index in [1.54, 1.807) is 14.2 Å². The van der Waals surface area contributed by atoms with Crippen LogP contribution in [0.15, 0.2) is 47.2 Å². The zero-order valence-electron chi connectivity index (χ0n) is 17.2. The molecule has 30 heavy (non-hydrogen) atoms. The van der Waals surface area contributed by atoms with Crippen LogP contribution in [0, 0.1) is 0 Å². The van der Waals surface area contributed by atoms with Gasteiger partial charge in [0.15, 0.2) is 11.5 Å².